The molecule has 0 radical (unpaired) electrons. The van der Waals surface area contributed by atoms with E-state index in [1.807, 2.05) is 23.7 Å². The number of piperidine rings is 2. The van der Waals surface area contributed by atoms with E-state index in [9.17, 15) is 31.2 Å². The molecule has 6 rings (SSSR count). The van der Waals surface area contributed by atoms with Crippen LogP contribution in [0.4, 0.5) is 13.2 Å². The molecule has 1 aromatic heterocycles. The molecule has 4 aliphatic rings. The van der Waals surface area contributed by atoms with Crippen LogP contribution in [0.1, 0.15) is 61.8 Å². The summed E-state index contributed by atoms with van der Waals surface area (Å²) in [5.74, 6) is -0.0284. The van der Waals surface area contributed by atoms with Gasteiger partial charge in [-0.15, -0.1) is 11.8 Å². The molecule has 1 aromatic carbocycles. The average molecular weight is 754 g/mol. The number of alkyl halides is 3. The molecule has 3 saturated heterocycles. The van der Waals surface area contributed by atoms with Crippen molar-refractivity contribution in [1.82, 2.24) is 33.7 Å². The number of sulfonamides is 1. The highest BCUT2D eigenvalue weighted by atomic mass is 32.2. The third kappa shape index (κ3) is 8.94. The van der Waals surface area contributed by atoms with Gasteiger partial charge < -0.3 is 19.6 Å². The SMILES string of the molecule is CN(C)C1CCN(C(=O)CSc2cc(-c3nn(CCCN4CCC(N5CCCC5=O)CC4)c4c3CN(S(C)(=O)=O)CC4)ccc2C(F)(F)F)CC1. The van der Waals surface area contributed by atoms with E-state index in [0.717, 1.165) is 94.5 Å². The molecule has 16 heteroatoms. The lowest BCUT2D eigenvalue weighted by molar-refractivity contribution is -0.139. The smallest absolute Gasteiger partial charge is 0.342 e. The van der Waals surface area contributed by atoms with E-state index in [1.165, 1.54) is 16.4 Å². The van der Waals surface area contributed by atoms with E-state index in [4.69, 9.17) is 5.10 Å². The van der Waals surface area contributed by atoms with Crippen molar-refractivity contribution in [1.29, 1.82) is 0 Å². The second kappa shape index (κ2) is 15.7. The Bertz CT molecular complexity index is 1680. The summed E-state index contributed by atoms with van der Waals surface area (Å²) in [6, 6.07) is 4.61. The minimum atomic E-state index is -4.61. The summed E-state index contributed by atoms with van der Waals surface area (Å²) in [6.45, 7) is 5.69. The Balaban J connectivity index is 1.18. The maximum absolute atomic E-state index is 14.2. The highest BCUT2D eigenvalue weighted by molar-refractivity contribution is 8.00. The molecule has 0 N–H and O–H groups in total. The van der Waals surface area contributed by atoms with Crippen molar-refractivity contribution in [2.24, 2.45) is 0 Å². The van der Waals surface area contributed by atoms with E-state index in [-0.39, 0.29) is 29.0 Å². The molecule has 0 aliphatic carbocycles. The van der Waals surface area contributed by atoms with Crippen LogP contribution in [-0.4, -0.2) is 138 Å². The molecule has 11 nitrogen and oxygen atoms in total. The quantitative estimate of drug-likeness (QED) is 0.318. The Morgan fingerprint density at radius 1 is 1.00 bits per heavy atom. The Hall–Kier alpha value is -2.66. The number of hydrogen-bond acceptors (Lipinski definition) is 8. The molecule has 0 unspecified atom stereocenters. The lowest BCUT2D eigenvalue weighted by atomic mass is 10.0. The third-order valence-electron chi connectivity index (χ3n) is 11.0. The molecule has 0 bridgehead atoms. The Kier molecular flexibility index (Phi) is 11.8. The summed E-state index contributed by atoms with van der Waals surface area (Å²) in [6.07, 6.45) is 2.98. The molecule has 4 aliphatic heterocycles. The molecule has 0 atom stereocenters. The van der Waals surface area contributed by atoms with Gasteiger partial charge in [-0.2, -0.15) is 22.6 Å². The van der Waals surface area contributed by atoms with Crippen LogP contribution in [0.25, 0.3) is 11.3 Å². The van der Waals surface area contributed by atoms with Crippen LogP contribution in [0.5, 0.6) is 0 Å². The lowest BCUT2D eigenvalue weighted by Gasteiger charge is -2.36. The van der Waals surface area contributed by atoms with E-state index in [1.54, 1.807) is 4.90 Å². The first-order chi connectivity index (χ1) is 24.2. The summed E-state index contributed by atoms with van der Waals surface area (Å²) in [7, 11) is 0.507. The minimum absolute atomic E-state index is 0.0466. The van der Waals surface area contributed by atoms with Crippen molar-refractivity contribution in [3.8, 4) is 11.3 Å². The fourth-order valence-electron chi connectivity index (χ4n) is 8.01. The summed E-state index contributed by atoms with van der Waals surface area (Å²) >= 11 is 0.889. The van der Waals surface area contributed by atoms with Crippen LogP contribution in [0, 0.1) is 0 Å². The van der Waals surface area contributed by atoms with Gasteiger partial charge in [-0.3, -0.25) is 14.3 Å². The first-order valence-electron chi connectivity index (χ1n) is 18.0. The predicted octanol–water partition coefficient (Wildman–Crippen LogP) is 4.01. The second-order valence-corrected chi connectivity index (χ2v) is 17.5. The van der Waals surface area contributed by atoms with Gasteiger partial charge in [0, 0.05) is 99.0 Å². The predicted molar refractivity (Wildman–Crippen MR) is 191 cm³/mol. The van der Waals surface area contributed by atoms with Crippen molar-refractivity contribution in [3.05, 3.63) is 35.0 Å². The average Bonchev–Trinajstić information content (AvgIpc) is 3.69. The van der Waals surface area contributed by atoms with Gasteiger partial charge in [0.2, 0.25) is 21.8 Å². The highest BCUT2D eigenvalue weighted by Gasteiger charge is 2.36. The Morgan fingerprint density at radius 3 is 2.35 bits per heavy atom. The van der Waals surface area contributed by atoms with Gasteiger partial charge in [0.15, 0.2) is 0 Å². The molecule has 0 saturated carbocycles. The van der Waals surface area contributed by atoms with Crippen molar-refractivity contribution in [2.45, 2.75) is 87.6 Å². The van der Waals surface area contributed by atoms with Crippen molar-refractivity contribution in [2.75, 3.05) is 71.9 Å². The molecule has 3 fully saturated rings. The monoisotopic (exact) mass is 753 g/mol. The van der Waals surface area contributed by atoms with Crippen molar-refractivity contribution < 1.29 is 31.2 Å². The standard InChI is InChI=1S/C35H50F3N7O4S2/c1-40(2)26-11-19-42(20-12-26)33(47)24-50-31-22-25(7-8-29(31)35(36,37)38)34-28-23-43(51(3,48)49)21-13-30(28)45(39-34)16-5-14-41-17-9-27(10-18-41)44-15-4-6-32(44)46/h7-8,22,26-27H,4-6,9-21,23-24H2,1-3H3. The molecule has 0 spiro atoms. The normalized spacial score (nSPS) is 20.5. The number of carbonyl (C=O) groups is 2. The van der Waals surface area contributed by atoms with Gasteiger partial charge >= 0.3 is 6.18 Å². The topological polar surface area (TPSA) is 102 Å². The van der Waals surface area contributed by atoms with E-state index in [2.05, 4.69) is 9.80 Å². The van der Waals surface area contributed by atoms with E-state index < -0.39 is 21.8 Å². The van der Waals surface area contributed by atoms with Crippen LogP contribution in [0.3, 0.4) is 0 Å². The lowest BCUT2D eigenvalue weighted by Crippen LogP contribution is -2.45. The highest BCUT2D eigenvalue weighted by Crippen LogP contribution is 2.40. The zero-order valence-electron chi connectivity index (χ0n) is 29.8. The van der Waals surface area contributed by atoms with Gasteiger partial charge in [-0.25, -0.2) is 8.42 Å². The number of aryl methyl sites for hydroxylation is 1. The summed E-state index contributed by atoms with van der Waals surface area (Å²) in [4.78, 5) is 33.6. The van der Waals surface area contributed by atoms with Crippen molar-refractivity contribution >= 4 is 33.6 Å². The van der Waals surface area contributed by atoms with Crippen LogP contribution in [0.2, 0.25) is 0 Å². The number of carbonyl (C=O) groups excluding carboxylic acids is 2. The van der Waals surface area contributed by atoms with Gasteiger partial charge in [-0.1, -0.05) is 6.07 Å². The number of nitrogens with zero attached hydrogens (tertiary/aromatic N) is 7. The van der Waals surface area contributed by atoms with Gasteiger partial charge in [0.05, 0.1) is 23.3 Å². The number of likely N-dealkylation sites (tertiary alicyclic amines) is 3. The van der Waals surface area contributed by atoms with E-state index >= 15 is 0 Å². The van der Waals surface area contributed by atoms with Crippen molar-refractivity contribution in [3.63, 3.8) is 0 Å². The van der Waals surface area contributed by atoms with Crippen LogP contribution < -0.4 is 0 Å². The van der Waals surface area contributed by atoms with Gasteiger partial charge in [0.1, 0.15) is 0 Å². The maximum atomic E-state index is 14.2. The minimum Gasteiger partial charge on any atom is -0.342 e. The third-order valence-corrected chi connectivity index (χ3v) is 13.3. The molecule has 5 heterocycles. The Morgan fingerprint density at radius 2 is 1.73 bits per heavy atom. The summed E-state index contributed by atoms with van der Waals surface area (Å²) in [5.41, 5.74) is 1.75. The fourth-order valence-corrected chi connectivity index (χ4v) is 9.80. The molecule has 51 heavy (non-hydrogen) atoms. The van der Waals surface area contributed by atoms with E-state index in [0.29, 0.717) is 67.9 Å². The fraction of sp³-hybridized carbons (Fsp3) is 0.686. The molecule has 2 aromatic rings. The molecular weight excluding hydrogens is 704 g/mol. The first-order valence-corrected chi connectivity index (χ1v) is 20.9. The second-order valence-electron chi connectivity index (χ2n) is 14.5. The number of thioether (sulfide) groups is 1. The largest absolute Gasteiger partial charge is 0.417 e. The van der Waals surface area contributed by atoms with Gasteiger partial charge in [0.25, 0.3) is 0 Å². The number of aromatic nitrogens is 2. The molecule has 282 valence electrons. The molecular formula is C35H50F3N7O4S2. The molecule has 2 amide bonds. The number of hydrogen-bond donors (Lipinski definition) is 0. The Labute approximate surface area is 303 Å². The zero-order chi connectivity index (χ0) is 36.5. The van der Waals surface area contributed by atoms with Crippen LogP contribution in [-0.2, 0) is 45.3 Å². The maximum Gasteiger partial charge on any atom is 0.417 e. The first kappa shape index (κ1) is 38.1. The van der Waals surface area contributed by atoms with Crippen LogP contribution >= 0.6 is 11.8 Å². The number of benzene rings is 1. The van der Waals surface area contributed by atoms with Crippen LogP contribution in [0.15, 0.2) is 23.1 Å². The summed E-state index contributed by atoms with van der Waals surface area (Å²) < 4.78 is 71.1. The number of halogens is 3. The number of rotatable bonds is 11. The number of amides is 2. The summed E-state index contributed by atoms with van der Waals surface area (Å²) in [5, 5.41) is 4.92. The zero-order valence-corrected chi connectivity index (χ0v) is 31.5. The van der Waals surface area contributed by atoms with Gasteiger partial charge in [-0.05, 0) is 71.3 Å². The number of fused-ring (bicyclic) bond motifs is 1.